The smallest absolute Gasteiger partial charge is 0.174 e. The number of hydrogen-bond acceptors (Lipinski definition) is 4. The van der Waals surface area contributed by atoms with Crippen LogP contribution >= 0.6 is 0 Å². The number of nitrogens with zero attached hydrogens (tertiary/aromatic N) is 3. The van der Waals surface area contributed by atoms with Gasteiger partial charge in [0.25, 0.3) is 0 Å². The number of rotatable bonds is 2. The predicted octanol–water partition coefficient (Wildman–Crippen LogP) is 1.32. The average Bonchev–Trinajstić information content (AvgIpc) is 2.31. The first-order valence-electron chi connectivity index (χ1n) is 4.17. The fourth-order valence-electron chi connectivity index (χ4n) is 0.890. The first-order valence-corrected chi connectivity index (χ1v) is 4.17. The van der Waals surface area contributed by atoms with Crippen LogP contribution < -0.4 is 5.73 Å². The third kappa shape index (κ3) is 2.98. The number of nitriles is 2. The lowest BCUT2D eigenvalue weighted by molar-refractivity contribution is 1.27. The molecule has 15 heavy (non-hydrogen) atoms. The van der Waals surface area contributed by atoms with Crippen LogP contribution in [0.3, 0.4) is 0 Å². The van der Waals surface area contributed by atoms with E-state index in [1.54, 1.807) is 12.1 Å². The molecule has 0 aliphatic rings. The van der Waals surface area contributed by atoms with Crippen molar-refractivity contribution in [3.05, 3.63) is 47.3 Å². The summed E-state index contributed by atoms with van der Waals surface area (Å²) in [7, 11) is 0. The summed E-state index contributed by atoms with van der Waals surface area (Å²) in [6, 6.07) is 12.7. The zero-order chi connectivity index (χ0) is 11.1. The van der Waals surface area contributed by atoms with E-state index in [1.807, 2.05) is 30.3 Å². The van der Waals surface area contributed by atoms with Crippen molar-refractivity contribution in [1.82, 2.24) is 0 Å². The second kappa shape index (κ2) is 5.21. The van der Waals surface area contributed by atoms with E-state index in [4.69, 9.17) is 16.3 Å². The molecule has 0 spiro atoms. The first kappa shape index (κ1) is 10.5. The van der Waals surface area contributed by atoms with Crippen molar-refractivity contribution < 1.29 is 0 Å². The van der Waals surface area contributed by atoms with E-state index >= 15 is 0 Å². The summed E-state index contributed by atoms with van der Waals surface area (Å²) in [6.07, 6.45) is 1.49. The molecule has 0 fully saturated rings. The Bertz CT molecular complexity index is 472. The van der Waals surface area contributed by atoms with Crippen LogP contribution in [0.5, 0.6) is 0 Å². The predicted molar refractivity (Wildman–Crippen MR) is 56.5 cm³/mol. The quantitative estimate of drug-likeness (QED) is 0.571. The molecular formula is C11H8N4. The minimum Gasteiger partial charge on any atom is -0.388 e. The number of nitrogens with two attached hydrogens (primary N) is 1. The lowest BCUT2D eigenvalue weighted by atomic mass is 10.2. The fraction of sp³-hybridized carbons (Fsp3) is 0. The number of allylic oxidation sites excluding steroid dienone is 2. The normalized spacial score (nSPS) is 11.6. The van der Waals surface area contributed by atoms with Crippen LogP contribution in [-0.2, 0) is 0 Å². The van der Waals surface area contributed by atoms with Crippen LogP contribution in [0.1, 0.15) is 5.56 Å². The van der Waals surface area contributed by atoms with Gasteiger partial charge in [0.2, 0.25) is 0 Å². The summed E-state index contributed by atoms with van der Waals surface area (Å²) in [4.78, 5) is 3.83. The van der Waals surface area contributed by atoms with Gasteiger partial charge in [-0.1, -0.05) is 30.3 Å². The van der Waals surface area contributed by atoms with E-state index in [-0.39, 0.29) is 11.4 Å². The van der Waals surface area contributed by atoms with Crippen LogP contribution in [0, 0.1) is 22.7 Å². The first-order chi connectivity index (χ1) is 7.27. The molecule has 4 nitrogen and oxygen atoms in total. The minimum atomic E-state index is -0.176. The van der Waals surface area contributed by atoms with E-state index in [0.717, 1.165) is 5.56 Å². The van der Waals surface area contributed by atoms with Crippen LogP contribution in [0.15, 0.2) is 46.7 Å². The third-order valence-electron chi connectivity index (χ3n) is 1.62. The minimum absolute atomic E-state index is 0.0682. The van der Waals surface area contributed by atoms with E-state index in [1.165, 1.54) is 6.21 Å². The second-order valence-corrected chi connectivity index (χ2v) is 2.65. The molecule has 0 atom stereocenters. The van der Waals surface area contributed by atoms with Gasteiger partial charge in [-0.3, -0.25) is 0 Å². The molecule has 4 heteroatoms. The van der Waals surface area contributed by atoms with Crippen molar-refractivity contribution in [3.63, 3.8) is 0 Å². The highest BCUT2D eigenvalue weighted by atomic mass is 14.8. The zero-order valence-electron chi connectivity index (χ0n) is 7.88. The molecule has 1 rings (SSSR count). The Hall–Kier alpha value is -2.59. The Kier molecular flexibility index (Phi) is 3.64. The SMILES string of the molecule is N#C/C(N)=C(C#N)\N=C\c1ccccc1. The summed E-state index contributed by atoms with van der Waals surface area (Å²) in [5, 5.41) is 17.1. The van der Waals surface area contributed by atoms with Gasteiger partial charge >= 0.3 is 0 Å². The average molecular weight is 196 g/mol. The maximum absolute atomic E-state index is 8.65. The summed E-state index contributed by atoms with van der Waals surface area (Å²) in [5.74, 6) is 0. The molecule has 0 aliphatic heterocycles. The van der Waals surface area contributed by atoms with Gasteiger partial charge in [0.1, 0.15) is 17.8 Å². The van der Waals surface area contributed by atoms with Crippen LogP contribution in [0.25, 0.3) is 0 Å². The lowest BCUT2D eigenvalue weighted by Crippen LogP contribution is -1.97. The van der Waals surface area contributed by atoms with Crippen LogP contribution in [0.2, 0.25) is 0 Å². The topological polar surface area (TPSA) is 86.0 Å². The highest BCUT2D eigenvalue weighted by molar-refractivity contribution is 5.80. The Morgan fingerprint density at radius 3 is 2.40 bits per heavy atom. The Morgan fingerprint density at radius 2 is 1.87 bits per heavy atom. The van der Waals surface area contributed by atoms with Crippen molar-refractivity contribution in [2.75, 3.05) is 0 Å². The summed E-state index contributed by atoms with van der Waals surface area (Å²) >= 11 is 0. The van der Waals surface area contributed by atoms with Gasteiger partial charge in [0, 0.05) is 6.21 Å². The fourth-order valence-corrected chi connectivity index (χ4v) is 0.890. The van der Waals surface area contributed by atoms with Crippen LogP contribution in [-0.4, -0.2) is 6.21 Å². The molecule has 0 saturated heterocycles. The molecule has 0 aromatic heterocycles. The van der Waals surface area contributed by atoms with Crippen molar-refractivity contribution in [3.8, 4) is 12.1 Å². The van der Waals surface area contributed by atoms with Gasteiger partial charge in [-0.2, -0.15) is 10.5 Å². The molecule has 0 heterocycles. The maximum atomic E-state index is 8.65. The molecule has 0 radical (unpaired) electrons. The Balaban J connectivity index is 2.93. The molecule has 0 unspecified atom stereocenters. The molecular weight excluding hydrogens is 188 g/mol. The van der Waals surface area contributed by atoms with E-state index in [0.29, 0.717) is 0 Å². The van der Waals surface area contributed by atoms with Gasteiger partial charge in [-0.25, -0.2) is 4.99 Å². The third-order valence-corrected chi connectivity index (χ3v) is 1.62. The highest BCUT2D eigenvalue weighted by Crippen LogP contribution is 2.00. The van der Waals surface area contributed by atoms with Gasteiger partial charge in [0.05, 0.1) is 0 Å². The largest absolute Gasteiger partial charge is 0.388 e. The van der Waals surface area contributed by atoms with Crippen molar-refractivity contribution in [2.45, 2.75) is 0 Å². The lowest BCUT2D eigenvalue weighted by Gasteiger charge is -1.91. The Labute approximate surface area is 87.6 Å². The van der Waals surface area contributed by atoms with Crippen LogP contribution in [0.4, 0.5) is 0 Å². The Morgan fingerprint density at radius 1 is 1.20 bits per heavy atom. The van der Waals surface area contributed by atoms with Gasteiger partial charge in [-0.15, -0.1) is 0 Å². The van der Waals surface area contributed by atoms with Gasteiger partial charge in [0.15, 0.2) is 5.70 Å². The van der Waals surface area contributed by atoms with Gasteiger partial charge in [-0.05, 0) is 5.56 Å². The highest BCUT2D eigenvalue weighted by Gasteiger charge is 1.97. The number of benzene rings is 1. The maximum Gasteiger partial charge on any atom is 0.174 e. The molecule has 0 aliphatic carbocycles. The number of hydrogen-bond donors (Lipinski definition) is 1. The van der Waals surface area contributed by atoms with Gasteiger partial charge < -0.3 is 5.73 Å². The molecule has 2 N–H and O–H groups in total. The molecule has 0 saturated carbocycles. The van der Waals surface area contributed by atoms with E-state index < -0.39 is 0 Å². The summed E-state index contributed by atoms with van der Waals surface area (Å²) in [5.41, 5.74) is 5.87. The number of aliphatic imine (C=N–C) groups is 1. The summed E-state index contributed by atoms with van der Waals surface area (Å²) < 4.78 is 0. The molecule has 0 bridgehead atoms. The second-order valence-electron chi connectivity index (χ2n) is 2.65. The zero-order valence-corrected chi connectivity index (χ0v) is 7.88. The molecule has 72 valence electrons. The molecule has 0 amide bonds. The summed E-state index contributed by atoms with van der Waals surface area (Å²) in [6.45, 7) is 0. The standard InChI is InChI=1S/C11H8N4/c12-6-10(14)11(7-13)15-8-9-4-2-1-3-5-9/h1-5,8H,14H2/b11-10+,15-8+. The molecule has 1 aromatic rings. The monoisotopic (exact) mass is 196 g/mol. The van der Waals surface area contributed by atoms with E-state index in [9.17, 15) is 0 Å². The van der Waals surface area contributed by atoms with Crippen molar-refractivity contribution in [1.29, 1.82) is 10.5 Å². The van der Waals surface area contributed by atoms with E-state index in [2.05, 4.69) is 4.99 Å². The van der Waals surface area contributed by atoms with Crippen molar-refractivity contribution in [2.24, 2.45) is 10.7 Å². The van der Waals surface area contributed by atoms with Crippen molar-refractivity contribution >= 4 is 6.21 Å². The molecule has 1 aromatic carbocycles.